The molecule has 186 valence electrons. The summed E-state index contributed by atoms with van der Waals surface area (Å²) < 4.78 is 39.7. The number of nitrogens with one attached hydrogen (secondary N) is 1. The molecule has 0 fully saturated rings. The lowest BCUT2D eigenvalue weighted by Gasteiger charge is -2.09. The molecular weight excluding hydrogens is 490 g/mol. The molecule has 35 heavy (non-hydrogen) atoms. The molecule has 1 N–H and O–H groups in total. The van der Waals surface area contributed by atoms with Gasteiger partial charge in [0.2, 0.25) is 0 Å². The van der Waals surface area contributed by atoms with Gasteiger partial charge in [-0.05, 0) is 30.7 Å². The van der Waals surface area contributed by atoms with Gasteiger partial charge in [-0.25, -0.2) is 13.4 Å². The van der Waals surface area contributed by atoms with Crippen molar-refractivity contribution in [2.45, 2.75) is 29.5 Å². The molecule has 0 radical (unpaired) electrons. The zero-order valence-electron chi connectivity index (χ0n) is 19.7. The van der Waals surface area contributed by atoms with Crippen LogP contribution in [0.15, 0.2) is 46.5 Å². The minimum atomic E-state index is -3.38. The number of aromatic nitrogens is 2. The van der Waals surface area contributed by atoms with E-state index in [1.165, 1.54) is 12.3 Å². The fourth-order valence-corrected chi connectivity index (χ4v) is 5.42. The minimum Gasteiger partial charge on any atom is -0.494 e. The van der Waals surface area contributed by atoms with Crippen LogP contribution in [-0.2, 0) is 19.4 Å². The maximum atomic E-state index is 12.2. The van der Waals surface area contributed by atoms with E-state index in [1.807, 2.05) is 12.1 Å². The Labute approximate surface area is 208 Å². The number of carbonyl (C=O) groups is 1. The van der Waals surface area contributed by atoms with Crippen molar-refractivity contribution in [2.75, 3.05) is 33.6 Å². The number of Topliss-reactive ketones (excluding diaryl/α,β-unsaturated/α-hetero) is 1. The molecule has 0 aliphatic carbocycles. The van der Waals surface area contributed by atoms with E-state index in [4.69, 9.17) is 14.2 Å². The number of ether oxygens (including phenoxy) is 3. The summed E-state index contributed by atoms with van der Waals surface area (Å²) in [6, 6.07) is 8.55. The summed E-state index contributed by atoms with van der Waals surface area (Å²) in [7, 11) is -0.167. The number of hydrogen-bond donors (Lipinski definition) is 1. The molecular formula is C24H27N3O6S2. The average Bonchev–Trinajstić information content (AvgIpc) is 3.45. The zero-order chi connectivity index (χ0) is 25.0. The Hall–Kier alpha value is -2.89. The van der Waals surface area contributed by atoms with Crippen molar-refractivity contribution < 1.29 is 27.4 Å². The molecule has 9 nitrogen and oxygen atoms in total. The van der Waals surface area contributed by atoms with Crippen molar-refractivity contribution >= 4 is 43.3 Å². The summed E-state index contributed by atoms with van der Waals surface area (Å²) in [6.45, 7) is 1.20. The molecule has 0 spiro atoms. The van der Waals surface area contributed by atoms with Crippen molar-refractivity contribution in [1.82, 2.24) is 9.97 Å². The molecule has 3 heterocycles. The van der Waals surface area contributed by atoms with Crippen LogP contribution in [0.4, 0.5) is 0 Å². The number of hydrogen-bond acceptors (Lipinski definition) is 9. The summed E-state index contributed by atoms with van der Waals surface area (Å²) >= 11 is 1.61. The molecule has 1 atom stereocenters. The number of pyridine rings is 1. The summed E-state index contributed by atoms with van der Waals surface area (Å²) in [5, 5.41) is 1.85. The maximum Gasteiger partial charge on any atom is 0.192 e. The first kappa shape index (κ1) is 25.2. The Bertz CT molecular complexity index is 1350. The van der Waals surface area contributed by atoms with Gasteiger partial charge in [0.05, 0.1) is 31.1 Å². The summed E-state index contributed by atoms with van der Waals surface area (Å²) in [6.07, 6.45) is 4.24. The number of benzene rings is 1. The second kappa shape index (κ2) is 10.8. The average molecular weight is 518 g/mol. The highest BCUT2D eigenvalue weighted by atomic mass is 32.2. The number of aliphatic imine (C=N–C) groups is 1. The number of H-pyrrole nitrogens is 1. The van der Waals surface area contributed by atoms with E-state index >= 15 is 0 Å². The minimum absolute atomic E-state index is 0.0158. The Balaban J connectivity index is 1.48. The van der Waals surface area contributed by atoms with Crippen molar-refractivity contribution in [3.8, 4) is 17.2 Å². The predicted octanol–water partition coefficient (Wildman–Crippen LogP) is 4.02. The Kier molecular flexibility index (Phi) is 7.78. The zero-order valence-corrected chi connectivity index (χ0v) is 21.4. The molecule has 1 aliphatic rings. The van der Waals surface area contributed by atoms with E-state index in [0.29, 0.717) is 43.2 Å². The number of fused-ring (bicyclic) bond motifs is 1. The van der Waals surface area contributed by atoms with Gasteiger partial charge >= 0.3 is 0 Å². The molecule has 0 saturated carbocycles. The van der Waals surface area contributed by atoms with E-state index < -0.39 is 9.84 Å². The van der Waals surface area contributed by atoms with Gasteiger partial charge < -0.3 is 19.2 Å². The predicted molar refractivity (Wildman–Crippen MR) is 136 cm³/mol. The summed E-state index contributed by atoms with van der Waals surface area (Å²) in [4.78, 5) is 24.2. The number of methoxy groups -OCH3 is 2. The van der Waals surface area contributed by atoms with Gasteiger partial charge in [-0.2, -0.15) is 0 Å². The van der Waals surface area contributed by atoms with E-state index in [1.54, 1.807) is 38.1 Å². The van der Waals surface area contributed by atoms with Crippen LogP contribution in [0, 0.1) is 0 Å². The van der Waals surface area contributed by atoms with Gasteiger partial charge in [-0.1, -0.05) is 11.8 Å². The molecule has 0 amide bonds. The van der Waals surface area contributed by atoms with E-state index in [0.717, 1.165) is 34.3 Å². The third-order valence-corrected chi connectivity index (χ3v) is 7.64. The quantitative estimate of drug-likeness (QED) is 0.379. The molecule has 1 aromatic carbocycles. The number of rotatable bonds is 11. The lowest BCUT2D eigenvalue weighted by Crippen LogP contribution is -2.12. The highest BCUT2D eigenvalue weighted by Gasteiger charge is 2.24. The number of sulfone groups is 1. The van der Waals surface area contributed by atoms with E-state index in [2.05, 4.69) is 15.0 Å². The lowest BCUT2D eigenvalue weighted by molar-refractivity contribution is -0.119. The molecule has 0 saturated heterocycles. The number of thioether (sulfide) groups is 1. The van der Waals surface area contributed by atoms with Gasteiger partial charge in [0.15, 0.2) is 14.9 Å². The number of aromatic amines is 1. The molecule has 1 aliphatic heterocycles. The van der Waals surface area contributed by atoms with Crippen LogP contribution in [0.1, 0.15) is 25.0 Å². The van der Waals surface area contributed by atoms with Gasteiger partial charge in [0, 0.05) is 49.5 Å². The van der Waals surface area contributed by atoms with Crippen molar-refractivity contribution in [1.29, 1.82) is 0 Å². The largest absolute Gasteiger partial charge is 0.494 e. The number of nitrogens with zero attached hydrogens (tertiary/aromatic N) is 2. The first-order valence-electron chi connectivity index (χ1n) is 11.0. The molecule has 11 heteroatoms. The monoisotopic (exact) mass is 517 g/mol. The van der Waals surface area contributed by atoms with E-state index in [9.17, 15) is 13.2 Å². The SMILES string of the molecule is COCCCC(=O)CC1CN=C(c2cc3cc(Oc4ccc(S(C)(=O)=O)nc4)cc(OC)c3[nH]2)S1. The highest BCUT2D eigenvalue weighted by molar-refractivity contribution is 8.15. The van der Waals surface area contributed by atoms with Crippen LogP contribution in [0.2, 0.25) is 0 Å². The van der Waals surface area contributed by atoms with Gasteiger partial charge in [-0.15, -0.1) is 0 Å². The lowest BCUT2D eigenvalue weighted by atomic mass is 10.1. The van der Waals surface area contributed by atoms with Gasteiger partial charge in [0.1, 0.15) is 28.1 Å². The Morgan fingerprint density at radius 1 is 1.20 bits per heavy atom. The van der Waals surface area contributed by atoms with Crippen LogP contribution >= 0.6 is 11.8 Å². The Morgan fingerprint density at radius 3 is 2.71 bits per heavy atom. The number of carbonyl (C=O) groups excluding carboxylic acids is 1. The number of ketones is 1. The highest BCUT2D eigenvalue weighted by Crippen LogP contribution is 2.36. The second-order valence-electron chi connectivity index (χ2n) is 8.20. The standard InChI is InChI=1S/C24H27N3O6S2/c1-31-8-4-5-16(28)11-19-14-26-24(34-19)20-10-15-9-18(12-21(32-2)23(15)27-20)33-17-6-7-22(25-13-17)35(3,29)30/h6-7,9-10,12-13,19,27H,4-5,8,11,14H2,1-3H3. The van der Waals surface area contributed by atoms with Crippen LogP contribution in [0.25, 0.3) is 10.9 Å². The van der Waals surface area contributed by atoms with Crippen LogP contribution in [-0.4, -0.2) is 68.1 Å². The van der Waals surface area contributed by atoms with Crippen LogP contribution in [0.3, 0.4) is 0 Å². The van der Waals surface area contributed by atoms with Gasteiger partial charge in [0.25, 0.3) is 0 Å². The van der Waals surface area contributed by atoms with Crippen LogP contribution in [0.5, 0.6) is 17.2 Å². The summed E-state index contributed by atoms with van der Waals surface area (Å²) in [5.41, 5.74) is 1.66. The molecule has 2 aromatic heterocycles. The molecule has 3 aromatic rings. The molecule has 1 unspecified atom stereocenters. The Morgan fingerprint density at radius 2 is 2.03 bits per heavy atom. The smallest absolute Gasteiger partial charge is 0.192 e. The normalized spacial score (nSPS) is 15.9. The molecule has 4 rings (SSSR count). The van der Waals surface area contributed by atoms with Crippen molar-refractivity contribution in [3.63, 3.8) is 0 Å². The fourth-order valence-electron chi connectivity index (χ4n) is 3.74. The first-order valence-corrected chi connectivity index (χ1v) is 13.8. The first-order chi connectivity index (χ1) is 16.8. The third kappa shape index (κ3) is 6.22. The van der Waals surface area contributed by atoms with Crippen molar-refractivity contribution in [3.05, 3.63) is 42.2 Å². The second-order valence-corrected chi connectivity index (χ2v) is 11.5. The van der Waals surface area contributed by atoms with Crippen molar-refractivity contribution in [2.24, 2.45) is 4.99 Å². The van der Waals surface area contributed by atoms with Gasteiger partial charge in [-0.3, -0.25) is 9.79 Å². The fraction of sp³-hybridized carbons (Fsp3) is 0.375. The molecule has 0 bridgehead atoms. The maximum absolute atomic E-state index is 12.2. The topological polar surface area (TPSA) is 120 Å². The van der Waals surface area contributed by atoms with Crippen LogP contribution < -0.4 is 9.47 Å². The van der Waals surface area contributed by atoms with E-state index in [-0.39, 0.29) is 16.1 Å². The summed E-state index contributed by atoms with van der Waals surface area (Å²) in [5.74, 6) is 1.76. The third-order valence-electron chi connectivity index (χ3n) is 5.42.